The van der Waals surface area contributed by atoms with E-state index < -0.39 is 0 Å². The van der Waals surface area contributed by atoms with E-state index in [0.717, 1.165) is 30.1 Å². The number of likely N-dealkylation sites (tertiary alicyclic amines) is 1. The van der Waals surface area contributed by atoms with Gasteiger partial charge in [-0.25, -0.2) is 4.98 Å². The molecule has 27 heavy (non-hydrogen) atoms. The molecule has 0 radical (unpaired) electrons. The molecule has 1 aliphatic heterocycles. The fourth-order valence-electron chi connectivity index (χ4n) is 3.57. The summed E-state index contributed by atoms with van der Waals surface area (Å²) in [6.07, 6.45) is 2.12. The number of methoxy groups -OCH3 is 1. The van der Waals surface area contributed by atoms with Gasteiger partial charge < -0.3 is 20.1 Å². The van der Waals surface area contributed by atoms with Gasteiger partial charge in [-0.05, 0) is 43.9 Å². The first-order valence-corrected chi connectivity index (χ1v) is 10.1. The first-order valence-electron chi connectivity index (χ1n) is 9.26. The highest BCUT2D eigenvalue weighted by Crippen LogP contribution is 2.31. The molecule has 3 rings (SSSR count). The van der Waals surface area contributed by atoms with E-state index in [1.807, 2.05) is 17.2 Å². The van der Waals surface area contributed by atoms with E-state index in [4.69, 9.17) is 15.2 Å². The smallest absolute Gasteiger partial charge is 0.254 e. The van der Waals surface area contributed by atoms with Crippen LogP contribution in [-0.4, -0.2) is 42.0 Å². The third-order valence-corrected chi connectivity index (χ3v) is 5.89. The van der Waals surface area contributed by atoms with Gasteiger partial charge in [-0.3, -0.25) is 4.79 Å². The summed E-state index contributed by atoms with van der Waals surface area (Å²) in [5.41, 5.74) is 7.41. The molecule has 1 fully saturated rings. The summed E-state index contributed by atoms with van der Waals surface area (Å²) >= 11 is 1.59. The Labute approximate surface area is 164 Å². The Balaban J connectivity index is 1.75. The van der Waals surface area contributed by atoms with Crippen LogP contribution in [0.15, 0.2) is 23.6 Å². The van der Waals surface area contributed by atoms with Crippen LogP contribution in [0.5, 0.6) is 11.5 Å². The first kappa shape index (κ1) is 19.6. The van der Waals surface area contributed by atoms with Gasteiger partial charge in [-0.15, -0.1) is 11.3 Å². The Morgan fingerprint density at radius 2 is 2.22 bits per heavy atom. The standard InChI is InChI=1S/C20H27N3O3S/c1-13-5-4-8-23(17(13)10-21)20(24)15-6-7-18(19(9-15)25-3)26-11-16-12-27-14(2)22-16/h6-7,9,12-13,17H,4-5,8,10-11,21H2,1-3H3/t13-,17+/m0/s1. The first-order chi connectivity index (χ1) is 13.0. The molecule has 1 aliphatic rings. The van der Waals surface area contributed by atoms with Crippen molar-refractivity contribution in [1.29, 1.82) is 0 Å². The molecule has 0 aliphatic carbocycles. The molecule has 0 bridgehead atoms. The number of aromatic nitrogens is 1. The zero-order valence-electron chi connectivity index (χ0n) is 16.1. The Kier molecular flexibility index (Phi) is 6.34. The highest BCUT2D eigenvalue weighted by molar-refractivity contribution is 7.09. The van der Waals surface area contributed by atoms with Crippen LogP contribution in [-0.2, 0) is 6.61 Å². The third-order valence-electron chi connectivity index (χ3n) is 5.07. The molecule has 2 N–H and O–H groups in total. The quantitative estimate of drug-likeness (QED) is 0.821. The maximum absolute atomic E-state index is 13.0. The number of nitrogens with two attached hydrogens (primary N) is 1. The van der Waals surface area contributed by atoms with E-state index in [0.29, 0.717) is 36.1 Å². The van der Waals surface area contributed by atoms with Gasteiger partial charge >= 0.3 is 0 Å². The van der Waals surface area contributed by atoms with Crippen LogP contribution >= 0.6 is 11.3 Å². The number of piperidine rings is 1. The van der Waals surface area contributed by atoms with Crippen molar-refractivity contribution in [3.8, 4) is 11.5 Å². The molecule has 0 spiro atoms. The normalized spacial score (nSPS) is 19.8. The molecule has 2 atom stereocenters. The monoisotopic (exact) mass is 389 g/mol. The number of hydrogen-bond acceptors (Lipinski definition) is 6. The van der Waals surface area contributed by atoms with Gasteiger partial charge in [-0.2, -0.15) is 0 Å². The number of rotatable bonds is 6. The number of carbonyl (C=O) groups excluding carboxylic acids is 1. The Bertz CT molecular complexity index is 793. The van der Waals surface area contributed by atoms with Crippen molar-refractivity contribution in [2.24, 2.45) is 11.7 Å². The molecule has 146 valence electrons. The van der Waals surface area contributed by atoms with Crippen molar-refractivity contribution in [2.75, 3.05) is 20.2 Å². The average molecular weight is 390 g/mol. The number of thiazole rings is 1. The fraction of sp³-hybridized carbons (Fsp3) is 0.500. The predicted octanol–water partition coefficient (Wildman–Crippen LogP) is 3.24. The molecule has 6 nitrogen and oxygen atoms in total. The molecule has 0 saturated carbocycles. The van der Waals surface area contributed by atoms with Gasteiger partial charge in [0.1, 0.15) is 6.61 Å². The third kappa shape index (κ3) is 4.42. The Hall–Kier alpha value is -2.12. The van der Waals surface area contributed by atoms with Crippen molar-refractivity contribution in [2.45, 2.75) is 39.3 Å². The molecule has 2 aromatic rings. The van der Waals surface area contributed by atoms with Crippen molar-refractivity contribution in [3.63, 3.8) is 0 Å². The Morgan fingerprint density at radius 3 is 2.89 bits per heavy atom. The largest absolute Gasteiger partial charge is 0.493 e. The van der Waals surface area contributed by atoms with Crippen LogP contribution in [0, 0.1) is 12.8 Å². The van der Waals surface area contributed by atoms with Crippen LogP contribution in [0.2, 0.25) is 0 Å². The summed E-state index contributed by atoms with van der Waals surface area (Å²) < 4.78 is 11.3. The van der Waals surface area contributed by atoms with Crippen LogP contribution in [0.4, 0.5) is 0 Å². The van der Waals surface area contributed by atoms with Crippen LogP contribution in [0.25, 0.3) is 0 Å². The van der Waals surface area contributed by atoms with Gasteiger partial charge in [0.05, 0.1) is 17.8 Å². The minimum absolute atomic E-state index is 0.00280. The zero-order valence-corrected chi connectivity index (χ0v) is 16.9. The lowest BCUT2D eigenvalue weighted by atomic mass is 9.90. The maximum Gasteiger partial charge on any atom is 0.254 e. The second-order valence-electron chi connectivity index (χ2n) is 6.93. The summed E-state index contributed by atoms with van der Waals surface area (Å²) in [5.74, 6) is 1.56. The minimum atomic E-state index is -0.00280. The summed E-state index contributed by atoms with van der Waals surface area (Å²) in [5, 5.41) is 2.98. The number of aryl methyl sites for hydroxylation is 1. The van der Waals surface area contributed by atoms with Gasteiger partial charge in [0.25, 0.3) is 5.91 Å². The molecular formula is C20H27N3O3S. The number of ether oxygens (including phenoxy) is 2. The van der Waals surface area contributed by atoms with E-state index in [-0.39, 0.29) is 11.9 Å². The molecule has 1 saturated heterocycles. The van der Waals surface area contributed by atoms with Gasteiger partial charge in [0, 0.05) is 30.1 Å². The fourth-order valence-corrected chi connectivity index (χ4v) is 4.17. The lowest BCUT2D eigenvalue weighted by Gasteiger charge is -2.39. The van der Waals surface area contributed by atoms with Crippen molar-refractivity contribution in [3.05, 3.63) is 39.8 Å². The van der Waals surface area contributed by atoms with Gasteiger partial charge in [0.2, 0.25) is 0 Å². The molecule has 7 heteroatoms. The van der Waals surface area contributed by atoms with E-state index in [9.17, 15) is 4.79 Å². The SMILES string of the molecule is COc1cc(C(=O)N2CCC[C@H](C)[C@H]2CN)ccc1OCc1csc(C)n1. The average Bonchev–Trinajstić information content (AvgIpc) is 3.10. The second-order valence-corrected chi connectivity index (χ2v) is 8.00. The molecule has 1 aromatic carbocycles. The number of nitrogens with zero attached hydrogens (tertiary/aromatic N) is 2. The highest BCUT2D eigenvalue weighted by Gasteiger charge is 2.31. The number of carbonyl (C=O) groups is 1. The van der Waals surface area contributed by atoms with Crippen LogP contribution in [0.1, 0.15) is 40.8 Å². The van der Waals surface area contributed by atoms with E-state index >= 15 is 0 Å². The topological polar surface area (TPSA) is 77.7 Å². The summed E-state index contributed by atoms with van der Waals surface area (Å²) in [4.78, 5) is 19.3. The van der Waals surface area contributed by atoms with E-state index in [2.05, 4.69) is 11.9 Å². The Morgan fingerprint density at radius 1 is 1.41 bits per heavy atom. The molecular weight excluding hydrogens is 362 g/mol. The maximum atomic E-state index is 13.0. The molecule has 1 aromatic heterocycles. The summed E-state index contributed by atoms with van der Waals surface area (Å²) in [6, 6.07) is 5.41. The van der Waals surface area contributed by atoms with Crippen molar-refractivity contribution in [1.82, 2.24) is 9.88 Å². The van der Waals surface area contributed by atoms with Gasteiger partial charge in [-0.1, -0.05) is 6.92 Å². The van der Waals surface area contributed by atoms with Crippen LogP contribution in [0.3, 0.4) is 0 Å². The molecule has 1 amide bonds. The molecule has 2 heterocycles. The van der Waals surface area contributed by atoms with Crippen molar-refractivity contribution < 1.29 is 14.3 Å². The van der Waals surface area contributed by atoms with E-state index in [1.165, 1.54) is 0 Å². The highest BCUT2D eigenvalue weighted by atomic mass is 32.1. The zero-order chi connectivity index (χ0) is 19.4. The summed E-state index contributed by atoms with van der Waals surface area (Å²) in [6.45, 7) is 5.72. The number of amides is 1. The molecule has 0 unspecified atom stereocenters. The number of hydrogen-bond donors (Lipinski definition) is 1. The minimum Gasteiger partial charge on any atom is -0.493 e. The second kappa shape index (κ2) is 8.71. The van der Waals surface area contributed by atoms with Gasteiger partial charge in [0.15, 0.2) is 11.5 Å². The number of benzene rings is 1. The van der Waals surface area contributed by atoms with Crippen molar-refractivity contribution >= 4 is 17.2 Å². The van der Waals surface area contributed by atoms with Crippen LogP contribution < -0.4 is 15.2 Å². The summed E-state index contributed by atoms with van der Waals surface area (Å²) in [7, 11) is 1.58. The lowest BCUT2D eigenvalue weighted by molar-refractivity contribution is 0.0532. The predicted molar refractivity (Wildman–Crippen MR) is 106 cm³/mol. The lowest BCUT2D eigenvalue weighted by Crippen LogP contribution is -2.51. The van der Waals surface area contributed by atoms with E-state index in [1.54, 1.807) is 36.6 Å².